The van der Waals surface area contributed by atoms with Gasteiger partial charge in [0, 0.05) is 18.4 Å². The molecule has 2 aromatic rings. The van der Waals surface area contributed by atoms with Gasteiger partial charge in [-0.25, -0.2) is 0 Å². The van der Waals surface area contributed by atoms with Crippen molar-refractivity contribution in [2.75, 3.05) is 20.5 Å². The van der Waals surface area contributed by atoms with Gasteiger partial charge in [0.15, 0.2) is 11.5 Å². The zero-order valence-corrected chi connectivity index (χ0v) is 17.8. The average molecular weight is 437 g/mol. The van der Waals surface area contributed by atoms with E-state index in [1.165, 1.54) is 7.11 Å². The summed E-state index contributed by atoms with van der Waals surface area (Å²) in [6.07, 6.45) is 1.86. The van der Waals surface area contributed by atoms with Crippen molar-refractivity contribution in [1.29, 1.82) is 5.26 Å². The van der Waals surface area contributed by atoms with Crippen molar-refractivity contribution in [1.82, 2.24) is 4.57 Å². The lowest BCUT2D eigenvalue weighted by Gasteiger charge is -2.28. The van der Waals surface area contributed by atoms with E-state index in [0.29, 0.717) is 47.3 Å². The van der Waals surface area contributed by atoms with Crippen molar-refractivity contribution >= 4 is 0 Å². The number of aryl methyl sites for hydroxylation is 1. The normalized spacial score (nSPS) is 21.2. The van der Waals surface area contributed by atoms with Crippen molar-refractivity contribution in [2.45, 2.75) is 38.3 Å². The van der Waals surface area contributed by atoms with Gasteiger partial charge in [0.25, 0.3) is 5.56 Å². The lowest BCUT2D eigenvalue weighted by Crippen LogP contribution is -2.35. The predicted molar refractivity (Wildman–Crippen MR) is 113 cm³/mol. The lowest BCUT2D eigenvalue weighted by atomic mass is 9.83. The number of ether oxygens (including phenoxy) is 5. The molecule has 1 fully saturated rings. The topological polar surface area (TPSA) is 118 Å². The van der Waals surface area contributed by atoms with Gasteiger partial charge in [0.05, 0.1) is 31.2 Å². The highest BCUT2D eigenvalue weighted by Crippen LogP contribution is 2.47. The summed E-state index contributed by atoms with van der Waals surface area (Å²) in [5.74, 6) is 0.988. The predicted octanol–water partition coefficient (Wildman–Crippen LogP) is 2.29. The van der Waals surface area contributed by atoms with Gasteiger partial charge < -0.3 is 34.0 Å². The Morgan fingerprint density at radius 3 is 2.84 bits per heavy atom. The van der Waals surface area contributed by atoms with Gasteiger partial charge in [-0.15, -0.1) is 0 Å². The van der Waals surface area contributed by atoms with E-state index >= 15 is 0 Å². The molecule has 3 aliphatic heterocycles. The van der Waals surface area contributed by atoms with Gasteiger partial charge in [-0.3, -0.25) is 4.79 Å². The van der Waals surface area contributed by atoms with Crippen molar-refractivity contribution in [3.05, 3.63) is 56.8 Å². The molecule has 166 valence electrons. The minimum absolute atomic E-state index is 0.0194. The van der Waals surface area contributed by atoms with E-state index in [1.807, 2.05) is 6.92 Å². The minimum atomic E-state index is -0.740. The third-order valence-electron chi connectivity index (χ3n) is 6.11. The van der Waals surface area contributed by atoms with Gasteiger partial charge in [0.2, 0.25) is 18.4 Å². The molecule has 32 heavy (non-hydrogen) atoms. The Morgan fingerprint density at radius 1 is 1.28 bits per heavy atom. The molecule has 2 N–H and O–H groups in total. The number of rotatable bonds is 4. The number of nitrogens with two attached hydrogens (primary N) is 1. The maximum absolute atomic E-state index is 13.7. The molecule has 1 aromatic carbocycles. The van der Waals surface area contributed by atoms with Gasteiger partial charge in [0.1, 0.15) is 17.4 Å². The third kappa shape index (κ3) is 3.15. The summed E-state index contributed by atoms with van der Waals surface area (Å²) in [6, 6.07) is 7.40. The van der Waals surface area contributed by atoms with Crippen LogP contribution >= 0.6 is 0 Å². The number of nitriles is 1. The molecule has 0 radical (unpaired) electrons. The number of benzene rings is 1. The maximum Gasteiger partial charge on any atom is 0.258 e. The molecule has 0 aliphatic carbocycles. The number of fused-ring (bicyclic) bond motifs is 2. The Balaban J connectivity index is 1.70. The Bertz CT molecular complexity index is 1220. The summed E-state index contributed by atoms with van der Waals surface area (Å²) in [6.45, 7) is 3.05. The fourth-order valence-electron chi connectivity index (χ4n) is 4.55. The van der Waals surface area contributed by atoms with E-state index in [-0.39, 0.29) is 29.9 Å². The summed E-state index contributed by atoms with van der Waals surface area (Å²) in [5, 5.41) is 9.90. The van der Waals surface area contributed by atoms with Crippen molar-refractivity contribution in [3.63, 3.8) is 0 Å². The molecular formula is C23H23N3O6. The maximum atomic E-state index is 13.7. The molecule has 1 saturated heterocycles. The molecular weight excluding hydrogens is 414 g/mol. The molecule has 0 unspecified atom stereocenters. The lowest BCUT2D eigenvalue weighted by molar-refractivity contribution is 0.0955. The van der Waals surface area contributed by atoms with Gasteiger partial charge in [-0.05, 0) is 37.5 Å². The smallest absolute Gasteiger partial charge is 0.258 e. The van der Waals surface area contributed by atoms with Crippen LogP contribution in [0.3, 0.4) is 0 Å². The first-order valence-electron chi connectivity index (χ1n) is 10.4. The van der Waals surface area contributed by atoms with Crippen LogP contribution in [-0.4, -0.2) is 31.2 Å². The number of methoxy groups -OCH3 is 1. The van der Waals surface area contributed by atoms with E-state index in [1.54, 1.807) is 22.8 Å². The largest absolute Gasteiger partial charge is 0.493 e. The summed E-state index contributed by atoms with van der Waals surface area (Å²) < 4.78 is 29.7. The summed E-state index contributed by atoms with van der Waals surface area (Å²) >= 11 is 0. The number of pyridine rings is 1. The molecule has 0 bridgehead atoms. The van der Waals surface area contributed by atoms with Crippen LogP contribution in [0, 0.1) is 18.3 Å². The molecule has 2 atom stereocenters. The van der Waals surface area contributed by atoms with Crippen molar-refractivity contribution < 1.29 is 23.7 Å². The zero-order chi connectivity index (χ0) is 22.4. The van der Waals surface area contributed by atoms with Gasteiger partial charge in [-0.1, -0.05) is 0 Å². The average Bonchev–Trinajstić information content (AvgIpc) is 3.46. The number of hydrogen-bond acceptors (Lipinski definition) is 8. The Kier molecular flexibility index (Phi) is 4.94. The van der Waals surface area contributed by atoms with Crippen LogP contribution in [0.25, 0.3) is 0 Å². The quantitative estimate of drug-likeness (QED) is 0.774. The SMILES string of the molecule is COc1cc([C@H]2C(C#N)=C(N)Oc3cc(C)n(C[C@H]4CCCO4)c(=O)c32)cc2c1OCO2. The van der Waals surface area contributed by atoms with E-state index in [4.69, 9.17) is 29.4 Å². The highest BCUT2D eigenvalue weighted by atomic mass is 16.7. The van der Waals surface area contributed by atoms with Crippen molar-refractivity contribution in [3.8, 4) is 29.1 Å². The first-order chi connectivity index (χ1) is 15.5. The molecule has 0 saturated carbocycles. The number of aromatic nitrogens is 1. The minimum Gasteiger partial charge on any atom is -0.493 e. The first-order valence-corrected chi connectivity index (χ1v) is 10.4. The Labute approximate surface area is 184 Å². The van der Waals surface area contributed by atoms with Crippen LogP contribution in [0.4, 0.5) is 0 Å². The molecule has 4 heterocycles. The molecule has 3 aliphatic rings. The monoisotopic (exact) mass is 437 g/mol. The van der Waals surface area contributed by atoms with Crippen LogP contribution in [-0.2, 0) is 11.3 Å². The third-order valence-corrected chi connectivity index (χ3v) is 6.11. The molecule has 9 nitrogen and oxygen atoms in total. The Hall–Kier alpha value is -3.64. The van der Waals surface area contributed by atoms with Crippen LogP contribution in [0.1, 0.15) is 35.6 Å². The number of nitrogens with zero attached hydrogens (tertiary/aromatic N) is 2. The fourth-order valence-corrected chi connectivity index (χ4v) is 4.55. The second kappa shape index (κ2) is 7.80. The standard InChI is InChI=1S/C23H23N3O6/c1-12-6-16-20(23(27)26(12)10-14-4-3-5-29-14)19(15(9-24)22(25)32-16)13-7-17(28-2)21-18(8-13)30-11-31-21/h6-8,14,19H,3-5,10-11,25H2,1-2H3/t14-,19+/m1/s1. The first kappa shape index (κ1) is 20.3. The van der Waals surface area contributed by atoms with Crippen LogP contribution in [0.15, 0.2) is 34.4 Å². The van der Waals surface area contributed by atoms with Crippen LogP contribution < -0.4 is 30.2 Å². The highest BCUT2D eigenvalue weighted by molar-refractivity contribution is 5.61. The van der Waals surface area contributed by atoms with E-state index in [0.717, 1.165) is 18.5 Å². The second-order valence-electron chi connectivity index (χ2n) is 8.00. The highest BCUT2D eigenvalue weighted by Gasteiger charge is 2.36. The second-order valence-corrected chi connectivity index (χ2v) is 8.00. The summed E-state index contributed by atoms with van der Waals surface area (Å²) in [4.78, 5) is 13.7. The molecule has 9 heteroatoms. The van der Waals surface area contributed by atoms with E-state index < -0.39 is 5.92 Å². The molecule has 5 rings (SSSR count). The molecule has 1 aromatic heterocycles. The molecule has 0 amide bonds. The van der Waals surface area contributed by atoms with Crippen LogP contribution in [0.2, 0.25) is 0 Å². The number of allylic oxidation sites excluding steroid dienone is 1. The van der Waals surface area contributed by atoms with Crippen LogP contribution in [0.5, 0.6) is 23.0 Å². The van der Waals surface area contributed by atoms with Crippen molar-refractivity contribution in [2.24, 2.45) is 5.73 Å². The Morgan fingerprint density at radius 2 is 2.12 bits per heavy atom. The summed E-state index contributed by atoms with van der Waals surface area (Å²) in [5.41, 5.74) is 7.73. The molecule has 0 spiro atoms. The number of hydrogen-bond donors (Lipinski definition) is 1. The van der Waals surface area contributed by atoms with Gasteiger partial charge >= 0.3 is 0 Å². The summed E-state index contributed by atoms with van der Waals surface area (Å²) in [7, 11) is 1.52. The fraction of sp³-hybridized carbons (Fsp3) is 0.391. The van der Waals surface area contributed by atoms with Gasteiger partial charge in [-0.2, -0.15) is 5.26 Å². The zero-order valence-electron chi connectivity index (χ0n) is 17.8. The van der Waals surface area contributed by atoms with E-state index in [2.05, 4.69) is 6.07 Å². The van der Waals surface area contributed by atoms with E-state index in [9.17, 15) is 10.1 Å².